The molecule has 7 heteroatoms. The lowest BCUT2D eigenvalue weighted by molar-refractivity contribution is -0.119. The molecule has 0 fully saturated rings. The number of allylic oxidation sites excluding steroid dienone is 1. The summed E-state index contributed by atoms with van der Waals surface area (Å²) in [6, 6.07) is 8.85. The van der Waals surface area contributed by atoms with Crippen molar-refractivity contribution >= 4 is 11.6 Å². The van der Waals surface area contributed by atoms with Gasteiger partial charge in [-0.2, -0.15) is 4.98 Å². The molecule has 1 amide bonds. The first-order valence-electron chi connectivity index (χ1n) is 7.60. The van der Waals surface area contributed by atoms with E-state index in [1.54, 1.807) is 36.5 Å². The highest BCUT2D eigenvalue weighted by atomic mass is 19.1. The molecule has 2 aromatic rings. The van der Waals surface area contributed by atoms with Crippen LogP contribution in [-0.4, -0.2) is 25.1 Å². The predicted octanol–water partition coefficient (Wildman–Crippen LogP) is 3.41. The molecule has 3 rings (SSSR count). The second-order valence-corrected chi connectivity index (χ2v) is 5.39. The third kappa shape index (κ3) is 2.93. The van der Waals surface area contributed by atoms with Gasteiger partial charge in [-0.1, -0.05) is 24.3 Å². The van der Waals surface area contributed by atoms with E-state index in [0.29, 0.717) is 5.69 Å². The van der Waals surface area contributed by atoms with Crippen molar-refractivity contribution < 1.29 is 23.0 Å². The Labute approximate surface area is 143 Å². The number of hydrogen-bond donors (Lipinski definition) is 0. The van der Waals surface area contributed by atoms with Gasteiger partial charge in [-0.25, -0.2) is 8.78 Å². The average molecular weight is 346 g/mol. The van der Waals surface area contributed by atoms with Crippen molar-refractivity contribution in [3.05, 3.63) is 59.8 Å². The smallest absolute Gasteiger partial charge is 0.253 e. The summed E-state index contributed by atoms with van der Waals surface area (Å²) in [6.45, 7) is 0. The Hall–Kier alpha value is -2.96. The Kier molecular flexibility index (Phi) is 4.65. The molecule has 2 heterocycles. The number of hydrogen-bond acceptors (Lipinski definition) is 4. The summed E-state index contributed by atoms with van der Waals surface area (Å²) in [5.74, 6) is -4.31. The van der Waals surface area contributed by atoms with Gasteiger partial charge in [-0.3, -0.25) is 9.69 Å². The van der Waals surface area contributed by atoms with Crippen LogP contribution in [0.25, 0.3) is 0 Å². The summed E-state index contributed by atoms with van der Waals surface area (Å²) in [5.41, 5.74) is 0.209. The maximum atomic E-state index is 14.7. The van der Waals surface area contributed by atoms with Crippen LogP contribution in [0.15, 0.2) is 42.6 Å². The Bertz CT molecular complexity index is 797. The molecule has 1 aromatic heterocycles. The SMILES string of the molecule is COc1nc(OC)c(F)c(C2CC=CN(c3ccccc3)C2=O)c1F. The lowest BCUT2D eigenvalue weighted by Gasteiger charge is -2.28. The minimum Gasteiger partial charge on any atom is -0.479 e. The van der Waals surface area contributed by atoms with Crippen LogP contribution in [0.4, 0.5) is 14.5 Å². The molecule has 0 bridgehead atoms. The van der Waals surface area contributed by atoms with E-state index in [1.807, 2.05) is 6.07 Å². The largest absolute Gasteiger partial charge is 0.479 e. The molecule has 1 atom stereocenters. The minimum absolute atomic E-state index is 0.159. The third-order valence-corrected chi connectivity index (χ3v) is 3.98. The van der Waals surface area contributed by atoms with Crippen molar-refractivity contribution in [1.82, 2.24) is 4.98 Å². The maximum absolute atomic E-state index is 14.7. The van der Waals surface area contributed by atoms with Gasteiger partial charge in [-0.05, 0) is 18.6 Å². The number of methoxy groups -OCH3 is 2. The molecule has 130 valence electrons. The van der Waals surface area contributed by atoms with Crippen LogP contribution in [0.2, 0.25) is 0 Å². The number of anilines is 1. The fraction of sp³-hybridized carbons (Fsp3) is 0.222. The fourth-order valence-corrected chi connectivity index (χ4v) is 2.78. The molecule has 0 saturated carbocycles. The average Bonchev–Trinajstić information content (AvgIpc) is 2.64. The van der Waals surface area contributed by atoms with E-state index in [-0.39, 0.29) is 6.42 Å². The van der Waals surface area contributed by atoms with Gasteiger partial charge in [0, 0.05) is 17.5 Å². The van der Waals surface area contributed by atoms with Crippen LogP contribution in [0.3, 0.4) is 0 Å². The van der Waals surface area contributed by atoms with Gasteiger partial charge >= 0.3 is 0 Å². The van der Waals surface area contributed by atoms with Crippen molar-refractivity contribution in [2.75, 3.05) is 19.1 Å². The van der Waals surface area contributed by atoms with E-state index in [1.165, 1.54) is 19.1 Å². The number of benzene rings is 1. The Morgan fingerprint density at radius 1 is 1.08 bits per heavy atom. The van der Waals surface area contributed by atoms with Gasteiger partial charge in [0.05, 0.1) is 20.1 Å². The highest BCUT2D eigenvalue weighted by Crippen LogP contribution is 2.37. The first kappa shape index (κ1) is 16.9. The molecule has 1 unspecified atom stereocenters. The zero-order chi connectivity index (χ0) is 18.0. The van der Waals surface area contributed by atoms with Gasteiger partial charge in [0.1, 0.15) is 0 Å². The van der Waals surface area contributed by atoms with Gasteiger partial charge in [0.2, 0.25) is 5.91 Å². The molecule has 25 heavy (non-hydrogen) atoms. The molecular formula is C18H16F2N2O3. The minimum atomic E-state index is -1.05. The van der Waals surface area contributed by atoms with Crippen molar-refractivity contribution in [3.8, 4) is 11.8 Å². The summed E-state index contributed by atoms with van der Waals surface area (Å²) in [7, 11) is 2.43. The van der Waals surface area contributed by atoms with Crippen LogP contribution < -0.4 is 14.4 Å². The number of amides is 1. The fourth-order valence-electron chi connectivity index (χ4n) is 2.78. The predicted molar refractivity (Wildman–Crippen MR) is 87.7 cm³/mol. The van der Waals surface area contributed by atoms with Crippen LogP contribution in [0.1, 0.15) is 17.9 Å². The molecule has 0 radical (unpaired) electrons. The van der Waals surface area contributed by atoms with Crippen molar-refractivity contribution in [1.29, 1.82) is 0 Å². The van der Waals surface area contributed by atoms with Crippen LogP contribution in [-0.2, 0) is 4.79 Å². The van der Waals surface area contributed by atoms with Gasteiger partial charge in [-0.15, -0.1) is 0 Å². The molecular weight excluding hydrogens is 330 g/mol. The van der Waals surface area contributed by atoms with E-state index in [2.05, 4.69) is 4.98 Å². The number of ether oxygens (including phenoxy) is 2. The summed E-state index contributed by atoms with van der Waals surface area (Å²) in [5, 5.41) is 0. The first-order chi connectivity index (χ1) is 12.1. The number of pyridine rings is 1. The highest BCUT2D eigenvalue weighted by molar-refractivity contribution is 6.00. The molecule has 0 N–H and O–H groups in total. The maximum Gasteiger partial charge on any atom is 0.253 e. The van der Waals surface area contributed by atoms with Crippen molar-refractivity contribution in [2.45, 2.75) is 12.3 Å². The van der Waals surface area contributed by atoms with E-state index in [9.17, 15) is 13.6 Å². The number of carbonyl (C=O) groups is 1. The van der Waals surface area contributed by atoms with Crippen LogP contribution in [0, 0.1) is 11.6 Å². The Morgan fingerprint density at radius 3 is 2.24 bits per heavy atom. The van der Waals surface area contributed by atoms with E-state index < -0.39 is 40.8 Å². The van der Waals surface area contributed by atoms with Gasteiger partial charge in [0.25, 0.3) is 11.8 Å². The van der Waals surface area contributed by atoms with E-state index in [4.69, 9.17) is 9.47 Å². The Balaban J connectivity index is 2.08. The van der Waals surface area contributed by atoms with Gasteiger partial charge < -0.3 is 9.47 Å². The third-order valence-electron chi connectivity index (χ3n) is 3.98. The van der Waals surface area contributed by atoms with Crippen molar-refractivity contribution in [2.24, 2.45) is 0 Å². The lowest BCUT2D eigenvalue weighted by atomic mass is 9.91. The van der Waals surface area contributed by atoms with E-state index in [0.717, 1.165) is 0 Å². The molecule has 0 aliphatic carbocycles. The monoisotopic (exact) mass is 346 g/mol. The topological polar surface area (TPSA) is 51.7 Å². The second kappa shape index (κ2) is 6.88. The lowest BCUT2D eigenvalue weighted by Crippen LogP contribution is -2.34. The second-order valence-electron chi connectivity index (χ2n) is 5.39. The number of rotatable bonds is 4. The Morgan fingerprint density at radius 2 is 1.68 bits per heavy atom. The summed E-state index contributed by atoms with van der Waals surface area (Å²) in [4.78, 5) is 17.9. The summed E-state index contributed by atoms with van der Waals surface area (Å²) >= 11 is 0. The zero-order valence-corrected chi connectivity index (χ0v) is 13.7. The van der Waals surface area contributed by atoms with Gasteiger partial charge in [0.15, 0.2) is 11.6 Å². The molecule has 1 aromatic carbocycles. The number of aromatic nitrogens is 1. The first-order valence-corrected chi connectivity index (χ1v) is 7.60. The van der Waals surface area contributed by atoms with Crippen LogP contribution in [0.5, 0.6) is 11.8 Å². The summed E-state index contributed by atoms with van der Waals surface area (Å²) in [6.07, 6.45) is 3.45. The number of para-hydroxylation sites is 1. The zero-order valence-electron chi connectivity index (χ0n) is 13.7. The highest BCUT2D eigenvalue weighted by Gasteiger charge is 2.35. The summed E-state index contributed by atoms with van der Waals surface area (Å²) < 4.78 is 39.0. The molecule has 5 nitrogen and oxygen atoms in total. The van der Waals surface area contributed by atoms with Crippen molar-refractivity contribution in [3.63, 3.8) is 0 Å². The standard InChI is InChI=1S/C18H16F2N2O3/c1-24-16-14(19)13(15(20)17(21-16)25-2)12-9-6-10-22(18(12)23)11-7-4-3-5-8-11/h3-8,10,12H,9H2,1-2H3. The number of halogens is 2. The normalized spacial score (nSPS) is 16.9. The van der Waals surface area contributed by atoms with Crippen LogP contribution >= 0.6 is 0 Å². The number of carbonyl (C=O) groups excluding carboxylic acids is 1. The molecule has 1 aliphatic rings. The molecule has 1 aliphatic heterocycles. The molecule has 0 saturated heterocycles. The number of nitrogens with zero attached hydrogens (tertiary/aromatic N) is 2. The quantitative estimate of drug-likeness (QED) is 0.851. The van der Waals surface area contributed by atoms with E-state index >= 15 is 0 Å². The molecule has 0 spiro atoms.